The fourth-order valence-electron chi connectivity index (χ4n) is 1.15. The number of azide groups is 1. The van der Waals surface area contributed by atoms with E-state index < -0.39 is 5.97 Å². The van der Waals surface area contributed by atoms with Gasteiger partial charge in [0.15, 0.2) is 0 Å². The second-order valence-electron chi connectivity index (χ2n) is 2.91. The summed E-state index contributed by atoms with van der Waals surface area (Å²) in [5.74, 6) is -0.716. The summed E-state index contributed by atoms with van der Waals surface area (Å²) in [6, 6.07) is 5.99. The van der Waals surface area contributed by atoms with Crippen LogP contribution in [0.1, 0.15) is 12.5 Å². The van der Waals surface area contributed by atoms with E-state index in [0.717, 1.165) is 0 Å². The van der Waals surface area contributed by atoms with Crippen molar-refractivity contribution in [3.05, 3.63) is 45.8 Å². The number of nitrogens with zero attached hydrogens (tertiary/aromatic N) is 5. The van der Waals surface area contributed by atoms with Gasteiger partial charge in [0.1, 0.15) is 0 Å². The Balaban J connectivity index is 3.02. The molecule has 7 nitrogen and oxygen atoms in total. The molecule has 0 heterocycles. The fourth-order valence-corrected chi connectivity index (χ4v) is 1.15. The molecule has 17 heavy (non-hydrogen) atoms. The van der Waals surface area contributed by atoms with E-state index in [2.05, 4.69) is 14.8 Å². The van der Waals surface area contributed by atoms with Crippen molar-refractivity contribution < 1.29 is 14.3 Å². The van der Waals surface area contributed by atoms with Crippen molar-refractivity contribution in [2.75, 3.05) is 6.61 Å². The number of benzene rings is 1. The second-order valence-corrected chi connectivity index (χ2v) is 2.91. The van der Waals surface area contributed by atoms with Crippen molar-refractivity contribution in [1.29, 1.82) is 0 Å². The minimum absolute atomic E-state index is 0.189. The zero-order valence-electron chi connectivity index (χ0n) is 9.07. The highest BCUT2D eigenvalue weighted by molar-refractivity contribution is 6.40. The van der Waals surface area contributed by atoms with Gasteiger partial charge in [-0.25, -0.2) is 4.79 Å². The molecule has 1 aromatic carbocycles. The molecule has 0 atom stereocenters. The van der Waals surface area contributed by atoms with E-state index in [1.807, 2.05) is 0 Å². The largest absolute Gasteiger partial charge is 0.457 e. The molecule has 0 saturated carbocycles. The maximum atomic E-state index is 11.4. The number of esters is 1. The minimum atomic E-state index is -0.716. The number of hydrogen-bond acceptors (Lipinski definition) is 3. The summed E-state index contributed by atoms with van der Waals surface area (Å²) in [6.45, 7) is 1.84. The quantitative estimate of drug-likeness (QED) is 0.260. The van der Waals surface area contributed by atoms with Crippen LogP contribution in [0.2, 0.25) is 0 Å². The van der Waals surface area contributed by atoms with Gasteiger partial charge >= 0.3 is 11.7 Å². The molecule has 0 radical (unpaired) electrons. The van der Waals surface area contributed by atoms with Crippen molar-refractivity contribution in [3.63, 3.8) is 0 Å². The molecule has 0 aliphatic carbocycles. The number of carbonyl (C=O) groups is 1. The molecule has 0 N–H and O–H groups in total. The third kappa shape index (κ3) is 3.17. The van der Waals surface area contributed by atoms with Crippen LogP contribution in [0.5, 0.6) is 0 Å². The molecule has 86 valence electrons. The van der Waals surface area contributed by atoms with Gasteiger partial charge in [-0.1, -0.05) is 17.2 Å². The van der Waals surface area contributed by atoms with Crippen LogP contribution in [0.25, 0.3) is 16.0 Å². The molecule has 7 heteroatoms. The monoisotopic (exact) mass is 231 g/mol. The van der Waals surface area contributed by atoms with Crippen molar-refractivity contribution >= 4 is 17.4 Å². The third-order valence-corrected chi connectivity index (χ3v) is 1.87. The summed E-state index contributed by atoms with van der Waals surface area (Å²) in [6.07, 6.45) is 0. The number of hydrogen-bond donors (Lipinski definition) is 0. The van der Waals surface area contributed by atoms with E-state index in [-0.39, 0.29) is 12.3 Å². The van der Waals surface area contributed by atoms with Gasteiger partial charge < -0.3 is 10.3 Å². The zero-order valence-corrected chi connectivity index (χ0v) is 9.07. The lowest BCUT2D eigenvalue weighted by molar-refractivity contribution is -0.139. The Bertz CT molecular complexity index is 510. The SMILES string of the molecule is CCOC(=O)C(=[N+]=[N-])c1ccc(N=[N+]=[N-])cc1. The highest BCUT2D eigenvalue weighted by Gasteiger charge is 2.23. The molecule has 0 aromatic heterocycles. The van der Waals surface area contributed by atoms with Crippen LogP contribution in [0, 0.1) is 0 Å². The number of carbonyl (C=O) groups excluding carboxylic acids is 1. The first-order chi connectivity index (χ1) is 8.22. The lowest BCUT2D eigenvalue weighted by atomic mass is 10.1. The van der Waals surface area contributed by atoms with Gasteiger partial charge in [0.25, 0.3) is 0 Å². The summed E-state index contributed by atoms with van der Waals surface area (Å²) in [7, 11) is 0. The summed E-state index contributed by atoms with van der Waals surface area (Å²) in [4.78, 5) is 16.9. The van der Waals surface area contributed by atoms with Crippen LogP contribution < -0.4 is 0 Å². The average molecular weight is 231 g/mol. The standard InChI is InChI=1S/C10H9N5O2/c1-2-17-10(16)9(13-11)7-3-5-8(6-4-7)14-15-12/h3-6H,2H2,1H3. The maximum absolute atomic E-state index is 11.4. The molecule has 0 unspecified atom stereocenters. The molecule has 0 bridgehead atoms. The normalized spacial score (nSPS) is 8.76. The molecule has 0 saturated heterocycles. The van der Waals surface area contributed by atoms with Crippen molar-refractivity contribution in [2.24, 2.45) is 5.11 Å². The van der Waals surface area contributed by atoms with Gasteiger partial charge in [-0.15, -0.1) is 0 Å². The van der Waals surface area contributed by atoms with E-state index in [0.29, 0.717) is 11.3 Å². The topological polar surface area (TPSA) is 111 Å². The van der Waals surface area contributed by atoms with E-state index in [4.69, 9.17) is 15.8 Å². The highest BCUT2D eigenvalue weighted by atomic mass is 16.5. The molecular formula is C10H9N5O2. The van der Waals surface area contributed by atoms with Crippen LogP contribution in [-0.2, 0) is 9.53 Å². The van der Waals surface area contributed by atoms with Gasteiger partial charge in [-0.05, 0) is 24.6 Å². The van der Waals surface area contributed by atoms with E-state index in [1.165, 1.54) is 24.3 Å². The van der Waals surface area contributed by atoms with Gasteiger partial charge in [0.05, 0.1) is 12.2 Å². The Kier molecular flexibility index (Phi) is 4.45. The van der Waals surface area contributed by atoms with Crippen LogP contribution in [-0.4, -0.2) is 23.1 Å². The Morgan fingerprint density at radius 3 is 2.47 bits per heavy atom. The van der Waals surface area contributed by atoms with Gasteiger partial charge in [0, 0.05) is 10.6 Å². The molecule has 0 aliphatic heterocycles. The third-order valence-electron chi connectivity index (χ3n) is 1.87. The summed E-state index contributed by atoms with van der Waals surface area (Å²) >= 11 is 0. The van der Waals surface area contributed by atoms with Crippen LogP contribution >= 0.6 is 0 Å². The predicted molar refractivity (Wildman–Crippen MR) is 59.6 cm³/mol. The molecular weight excluding hydrogens is 222 g/mol. The minimum Gasteiger partial charge on any atom is -0.457 e. The van der Waals surface area contributed by atoms with Crippen molar-refractivity contribution in [2.45, 2.75) is 6.92 Å². The summed E-state index contributed by atoms with van der Waals surface area (Å²) in [5.41, 5.74) is 17.6. The average Bonchev–Trinajstić information content (AvgIpc) is 2.33. The van der Waals surface area contributed by atoms with Crippen LogP contribution in [0.15, 0.2) is 29.4 Å². The van der Waals surface area contributed by atoms with Crippen molar-refractivity contribution in [1.82, 2.24) is 0 Å². The first-order valence-electron chi connectivity index (χ1n) is 4.77. The van der Waals surface area contributed by atoms with Crippen molar-refractivity contribution in [3.8, 4) is 0 Å². The lowest BCUT2D eigenvalue weighted by Gasteiger charge is -1.98. The summed E-state index contributed by atoms with van der Waals surface area (Å²) < 4.78 is 4.72. The summed E-state index contributed by atoms with van der Waals surface area (Å²) in [5, 5.41) is 3.38. The Hall–Kier alpha value is -2.62. The number of ether oxygens (including phenoxy) is 1. The number of rotatable bonds is 4. The Morgan fingerprint density at radius 2 is 2.00 bits per heavy atom. The first kappa shape index (κ1) is 12.4. The maximum Gasteiger partial charge on any atom is 0.422 e. The Labute approximate surface area is 96.9 Å². The molecule has 0 aliphatic rings. The van der Waals surface area contributed by atoms with E-state index >= 15 is 0 Å². The van der Waals surface area contributed by atoms with Gasteiger partial charge in [0.2, 0.25) is 0 Å². The molecule has 1 rings (SSSR count). The molecule has 0 amide bonds. The van der Waals surface area contributed by atoms with Crippen LogP contribution in [0.4, 0.5) is 5.69 Å². The lowest BCUT2D eigenvalue weighted by Crippen LogP contribution is -2.19. The van der Waals surface area contributed by atoms with Gasteiger partial charge in [-0.3, -0.25) is 0 Å². The molecule has 0 spiro atoms. The molecule has 0 fully saturated rings. The first-order valence-corrected chi connectivity index (χ1v) is 4.77. The fraction of sp³-hybridized carbons (Fsp3) is 0.200. The second kappa shape index (κ2) is 6.07. The zero-order chi connectivity index (χ0) is 12.7. The predicted octanol–water partition coefficient (Wildman–Crippen LogP) is 2.21. The smallest absolute Gasteiger partial charge is 0.422 e. The van der Waals surface area contributed by atoms with E-state index in [9.17, 15) is 4.79 Å². The van der Waals surface area contributed by atoms with Crippen LogP contribution in [0.3, 0.4) is 0 Å². The van der Waals surface area contributed by atoms with E-state index in [1.54, 1.807) is 6.92 Å². The van der Waals surface area contributed by atoms with Gasteiger partial charge in [-0.2, -0.15) is 4.79 Å². The Morgan fingerprint density at radius 1 is 1.35 bits per heavy atom. The molecule has 1 aromatic rings. The highest BCUT2D eigenvalue weighted by Crippen LogP contribution is 2.13.